The number of amides is 1. The molecule has 1 unspecified atom stereocenters. The predicted molar refractivity (Wildman–Crippen MR) is 89.3 cm³/mol. The third-order valence-electron chi connectivity index (χ3n) is 4.05. The van der Waals surface area contributed by atoms with Crippen LogP contribution in [0.2, 0.25) is 0 Å². The molecular formula is C17H16N4OS. The second-order valence-corrected chi connectivity index (χ2v) is 6.44. The van der Waals surface area contributed by atoms with Crippen LogP contribution in [0.4, 0.5) is 0 Å². The molecule has 1 aliphatic rings. The van der Waals surface area contributed by atoms with E-state index in [2.05, 4.69) is 22.1 Å². The van der Waals surface area contributed by atoms with Gasteiger partial charge in [-0.3, -0.25) is 14.9 Å². The topological polar surface area (TPSA) is 61.9 Å². The van der Waals surface area contributed by atoms with E-state index in [0.29, 0.717) is 12.2 Å². The van der Waals surface area contributed by atoms with Crippen LogP contribution < -0.4 is 0 Å². The van der Waals surface area contributed by atoms with E-state index in [1.165, 1.54) is 0 Å². The summed E-state index contributed by atoms with van der Waals surface area (Å²) >= 11 is 1.64. The number of pyridine rings is 1. The van der Waals surface area contributed by atoms with E-state index in [1.54, 1.807) is 17.5 Å². The van der Waals surface area contributed by atoms with Crippen LogP contribution in [0.25, 0.3) is 10.6 Å². The lowest BCUT2D eigenvalue weighted by atomic mass is 10.0. The van der Waals surface area contributed by atoms with E-state index in [9.17, 15) is 4.79 Å². The van der Waals surface area contributed by atoms with Crippen molar-refractivity contribution in [3.8, 4) is 10.6 Å². The lowest BCUT2D eigenvalue weighted by Crippen LogP contribution is -2.30. The molecule has 5 nitrogen and oxygen atoms in total. The van der Waals surface area contributed by atoms with E-state index >= 15 is 0 Å². The summed E-state index contributed by atoms with van der Waals surface area (Å²) in [6, 6.07) is 9.70. The number of nitrogens with one attached hydrogen (secondary N) is 1. The number of aromatic amines is 1. The third-order valence-corrected chi connectivity index (χ3v) is 4.94. The quantitative estimate of drug-likeness (QED) is 0.799. The number of fused-ring (bicyclic) bond motifs is 1. The predicted octanol–water partition coefficient (Wildman–Crippen LogP) is 3.49. The van der Waals surface area contributed by atoms with Crippen LogP contribution in [-0.4, -0.2) is 32.5 Å². The molecule has 1 atom stereocenters. The molecule has 4 heterocycles. The Morgan fingerprint density at radius 2 is 2.22 bits per heavy atom. The number of carbonyl (C=O) groups excluding carboxylic acids is 1. The Bertz CT molecular complexity index is 826. The summed E-state index contributed by atoms with van der Waals surface area (Å²) in [6.45, 7) is 2.77. The highest BCUT2D eigenvalue weighted by atomic mass is 32.1. The van der Waals surface area contributed by atoms with E-state index in [0.717, 1.165) is 28.2 Å². The van der Waals surface area contributed by atoms with Gasteiger partial charge in [-0.15, -0.1) is 11.3 Å². The zero-order valence-corrected chi connectivity index (χ0v) is 13.5. The van der Waals surface area contributed by atoms with Crippen molar-refractivity contribution in [2.75, 3.05) is 6.54 Å². The summed E-state index contributed by atoms with van der Waals surface area (Å²) < 4.78 is 0. The van der Waals surface area contributed by atoms with E-state index in [1.807, 2.05) is 40.6 Å². The van der Waals surface area contributed by atoms with E-state index in [4.69, 9.17) is 0 Å². The molecule has 116 valence electrons. The van der Waals surface area contributed by atoms with Gasteiger partial charge in [0, 0.05) is 18.3 Å². The first-order valence-electron chi connectivity index (χ1n) is 7.65. The van der Waals surface area contributed by atoms with Crippen molar-refractivity contribution < 1.29 is 4.79 Å². The molecule has 6 heteroatoms. The van der Waals surface area contributed by atoms with Crippen LogP contribution in [0.3, 0.4) is 0 Å². The van der Waals surface area contributed by atoms with Gasteiger partial charge in [-0.1, -0.05) is 19.1 Å². The Morgan fingerprint density at radius 1 is 1.30 bits per heavy atom. The van der Waals surface area contributed by atoms with Gasteiger partial charge >= 0.3 is 0 Å². The normalized spacial score (nSPS) is 16.8. The lowest BCUT2D eigenvalue weighted by molar-refractivity contribution is 0.0741. The highest BCUT2D eigenvalue weighted by Gasteiger charge is 2.42. The fourth-order valence-electron chi connectivity index (χ4n) is 3.11. The van der Waals surface area contributed by atoms with E-state index in [-0.39, 0.29) is 11.9 Å². The Morgan fingerprint density at radius 3 is 2.91 bits per heavy atom. The standard InChI is InChI=1S/C17H16N4OS/c1-2-9-21-16(11-6-3-4-8-18-11)13-14(12-7-5-10-23-12)19-20-15(13)17(21)22/h3-8,10,16H,2,9H2,1H3,(H,19,20). The summed E-state index contributed by atoms with van der Waals surface area (Å²) in [5, 5.41) is 9.39. The molecular weight excluding hydrogens is 308 g/mol. The summed E-state index contributed by atoms with van der Waals surface area (Å²) in [7, 11) is 0. The van der Waals surface area contributed by atoms with Crippen LogP contribution in [0.5, 0.6) is 0 Å². The lowest BCUT2D eigenvalue weighted by Gasteiger charge is -2.24. The molecule has 23 heavy (non-hydrogen) atoms. The number of hydrogen-bond acceptors (Lipinski definition) is 4. The molecule has 1 amide bonds. The van der Waals surface area contributed by atoms with Gasteiger partial charge in [0.15, 0.2) is 5.69 Å². The molecule has 0 aliphatic carbocycles. The first-order valence-corrected chi connectivity index (χ1v) is 8.53. The van der Waals surface area contributed by atoms with Crippen molar-refractivity contribution in [1.29, 1.82) is 0 Å². The van der Waals surface area contributed by atoms with Gasteiger partial charge in [-0.25, -0.2) is 0 Å². The molecule has 3 aromatic heterocycles. The average Bonchev–Trinajstić information content (AvgIpc) is 3.28. The largest absolute Gasteiger partial charge is 0.324 e. The number of nitrogens with zero attached hydrogens (tertiary/aromatic N) is 3. The summed E-state index contributed by atoms with van der Waals surface area (Å²) in [5.41, 5.74) is 3.28. The first-order chi connectivity index (χ1) is 11.3. The minimum Gasteiger partial charge on any atom is -0.324 e. The maximum Gasteiger partial charge on any atom is 0.275 e. The zero-order chi connectivity index (χ0) is 15.8. The second-order valence-electron chi connectivity index (χ2n) is 5.49. The second kappa shape index (κ2) is 5.62. The SMILES string of the molecule is CCCN1C(=O)c2n[nH]c(-c3cccs3)c2C1c1ccccn1. The van der Waals surface area contributed by atoms with Gasteiger partial charge < -0.3 is 4.90 Å². The molecule has 0 spiro atoms. The monoisotopic (exact) mass is 324 g/mol. The van der Waals surface area contributed by atoms with Crippen molar-refractivity contribution in [1.82, 2.24) is 20.1 Å². The van der Waals surface area contributed by atoms with Crippen molar-refractivity contribution >= 4 is 17.2 Å². The van der Waals surface area contributed by atoms with Gasteiger partial charge in [0.05, 0.1) is 16.3 Å². The minimum absolute atomic E-state index is 0.0171. The summed E-state index contributed by atoms with van der Waals surface area (Å²) in [6.07, 6.45) is 2.67. The van der Waals surface area contributed by atoms with Crippen molar-refractivity contribution in [2.24, 2.45) is 0 Å². The average molecular weight is 324 g/mol. The van der Waals surface area contributed by atoms with Gasteiger partial charge in [-0.05, 0) is 30.0 Å². The number of carbonyl (C=O) groups is 1. The maximum atomic E-state index is 12.8. The van der Waals surface area contributed by atoms with Gasteiger partial charge in [0.1, 0.15) is 6.04 Å². The molecule has 0 radical (unpaired) electrons. The fraction of sp³-hybridized carbons (Fsp3) is 0.235. The van der Waals surface area contributed by atoms with Crippen LogP contribution in [-0.2, 0) is 0 Å². The van der Waals surface area contributed by atoms with Crippen molar-refractivity contribution in [2.45, 2.75) is 19.4 Å². The number of rotatable bonds is 4. The Labute approximate surface area is 138 Å². The molecule has 0 bridgehead atoms. The van der Waals surface area contributed by atoms with Crippen LogP contribution in [0, 0.1) is 0 Å². The van der Waals surface area contributed by atoms with Gasteiger partial charge in [0.25, 0.3) is 5.91 Å². The molecule has 1 N–H and O–H groups in total. The number of aromatic nitrogens is 3. The zero-order valence-electron chi connectivity index (χ0n) is 12.7. The smallest absolute Gasteiger partial charge is 0.275 e. The van der Waals surface area contributed by atoms with Gasteiger partial charge in [0.2, 0.25) is 0 Å². The Hall–Kier alpha value is -2.47. The fourth-order valence-corrected chi connectivity index (χ4v) is 3.85. The highest BCUT2D eigenvalue weighted by Crippen LogP contribution is 2.42. The molecule has 4 rings (SSSR count). The molecule has 1 aliphatic heterocycles. The minimum atomic E-state index is -0.172. The Kier molecular flexibility index (Phi) is 3.46. The summed E-state index contributed by atoms with van der Waals surface area (Å²) in [4.78, 5) is 20.2. The molecule has 3 aromatic rings. The van der Waals surface area contributed by atoms with Crippen LogP contribution in [0.15, 0.2) is 41.9 Å². The van der Waals surface area contributed by atoms with Crippen molar-refractivity contribution in [3.63, 3.8) is 0 Å². The number of thiophene rings is 1. The third kappa shape index (κ3) is 2.17. The molecule has 0 aromatic carbocycles. The molecule has 0 saturated heterocycles. The van der Waals surface area contributed by atoms with Crippen molar-refractivity contribution in [3.05, 3.63) is 58.9 Å². The van der Waals surface area contributed by atoms with Gasteiger partial charge in [-0.2, -0.15) is 5.10 Å². The van der Waals surface area contributed by atoms with Crippen LogP contribution in [0.1, 0.15) is 41.1 Å². The number of hydrogen-bond donors (Lipinski definition) is 1. The van der Waals surface area contributed by atoms with Crippen LogP contribution >= 0.6 is 11.3 Å². The first kappa shape index (κ1) is 14.1. The summed E-state index contributed by atoms with van der Waals surface area (Å²) in [5.74, 6) is -0.0171. The van der Waals surface area contributed by atoms with E-state index < -0.39 is 0 Å². The Balaban J connectivity index is 1.90. The maximum absolute atomic E-state index is 12.8. The highest BCUT2D eigenvalue weighted by molar-refractivity contribution is 7.13. The molecule has 0 saturated carbocycles. The number of H-pyrrole nitrogens is 1. The molecule has 0 fully saturated rings.